The van der Waals surface area contributed by atoms with E-state index in [-0.39, 0.29) is 54.2 Å². The van der Waals surface area contributed by atoms with Crippen molar-refractivity contribution >= 4 is 36.4 Å². The zero-order chi connectivity index (χ0) is 25.7. The van der Waals surface area contributed by atoms with Gasteiger partial charge in [-0.05, 0) is 61.4 Å². The molecule has 1 unspecified atom stereocenters. The minimum Gasteiger partial charge on any atom is -0.508 e. The van der Waals surface area contributed by atoms with E-state index in [1.54, 1.807) is 48.5 Å². The lowest BCUT2D eigenvalue weighted by molar-refractivity contribution is 0.0903. The minimum atomic E-state index is -0.107. The van der Waals surface area contributed by atoms with Crippen LogP contribution in [-0.4, -0.2) is 59.3 Å². The topological polar surface area (TPSA) is 85.3 Å². The number of carbonyl (C=O) groups excluding carboxylic acids is 1. The van der Waals surface area contributed by atoms with Gasteiger partial charge in [-0.25, -0.2) is 0 Å². The number of hydrogen-bond acceptors (Lipinski definition) is 6. The van der Waals surface area contributed by atoms with Crippen molar-refractivity contribution in [2.75, 3.05) is 31.1 Å². The monoisotopic (exact) mass is 561 g/mol. The van der Waals surface area contributed by atoms with Crippen molar-refractivity contribution in [3.05, 3.63) is 78.4 Å². The molecule has 0 aromatic heterocycles. The van der Waals surface area contributed by atoms with Crippen LogP contribution in [0.2, 0.25) is 0 Å². The number of halogens is 2. The third-order valence-corrected chi connectivity index (χ3v) is 6.62. The molecule has 1 aliphatic heterocycles. The first kappa shape index (κ1) is 31.1. The van der Waals surface area contributed by atoms with Crippen LogP contribution >= 0.6 is 24.8 Å². The molecule has 1 heterocycles. The summed E-state index contributed by atoms with van der Waals surface area (Å²) in [6.45, 7) is 9.87. The first-order chi connectivity index (χ1) is 17.3. The molecule has 2 atom stereocenters. The summed E-state index contributed by atoms with van der Waals surface area (Å²) in [4.78, 5) is 17.7. The molecular formula is C29H37Cl2N3O4. The van der Waals surface area contributed by atoms with Crippen molar-refractivity contribution in [2.45, 2.75) is 32.9 Å². The Hall–Kier alpha value is -3.13. The number of amides is 1. The summed E-state index contributed by atoms with van der Waals surface area (Å²) in [5.74, 6) is 1.72. The lowest BCUT2D eigenvalue weighted by Crippen LogP contribution is -2.56. The van der Waals surface area contributed by atoms with E-state index in [1.165, 1.54) is 6.07 Å². The van der Waals surface area contributed by atoms with Gasteiger partial charge >= 0.3 is 0 Å². The summed E-state index contributed by atoms with van der Waals surface area (Å²) in [5, 5.41) is 22.7. The predicted molar refractivity (Wildman–Crippen MR) is 157 cm³/mol. The fourth-order valence-electron chi connectivity index (χ4n) is 4.56. The van der Waals surface area contributed by atoms with E-state index in [0.29, 0.717) is 23.1 Å². The number of piperazine rings is 1. The zero-order valence-electron chi connectivity index (χ0n) is 21.9. The Kier molecular flexibility index (Phi) is 11.6. The van der Waals surface area contributed by atoms with Crippen LogP contribution in [0.5, 0.6) is 23.0 Å². The number of nitrogens with one attached hydrogen (secondary N) is 1. The molecule has 1 amide bonds. The van der Waals surface area contributed by atoms with Gasteiger partial charge < -0.3 is 25.2 Å². The van der Waals surface area contributed by atoms with Crippen LogP contribution in [0.4, 0.5) is 5.69 Å². The van der Waals surface area contributed by atoms with Crippen molar-refractivity contribution < 1.29 is 19.7 Å². The molecule has 3 aromatic carbocycles. The van der Waals surface area contributed by atoms with Gasteiger partial charge in [-0.1, -0.05) is 26.0 Å². The van der Waals surface area contributed by atoms with E-state index < -0.39 is 0 Å². The second kappa shape index (κ2) is 14.1. The van der Waals surface area contributed by atoms with Gasteiger partial charge in [0.15, 0.2) is 0 Å². The fourth-order valence-corrected chi connectivity index (χ4v) is 4.56. The maximum absolute atomic E-state index is 13.0. The van der Waals surface area contributed by atoms with Crippen LogP contribution in [0.15, 0.2) is 72.8 Å². The molecule has 0 spiro atoms. The number of benzene rings is 3. The second-order valence-electron chi connectivity index (χ2n) is 9.77. The smallest absolute Gasteiger partial charge is 0.251 e. The van der Waals surface area contributed by atoms with Gasteiger partial charge in [0.25, 0.3) is 5.91 Å². The molecule has 0 aliphatic carbocycles. The molecule has 4 rings (SSSR count). The number of nitrogens with zero attached hydrogens (tertiary/aromatic N) is 2. The first-order valence-corrected chi connectivity index (χ1v) is 12.4. The Balaban J connectivity index is 0.00000253. The summed E-state index contributed by atoms with van der Waals surface area (Å²) in [6.07, 6.45) is 0. The number of anilines is 1. The summed E-state index contributed by atoms with van der Waals surface area (Å²) in [5.41, 5.74) is 1.61. The maximum atomic E-state index is 13.0. The number of phenols is 2. The molecule has 7 nitrogen and oxygen atoms in total. The highest BCUT2D eigenvalue weighted by atomic mass is 35.5. The van der Waals surface area contributed by atoms with Crippen molar-refractivity contribution in [1.82, 2.24) is 10.2 Å². The van der Waals surface area contributed by atoms with E-state index in [4.69, 9.17) is 4.74 Å². The van der Waals surface area contributed by atoms with Gasteiger partial charge in [0, 0.05) is 61.6 Å². The van der Waals surface area contributed by atoms with E-state index >= 15 is 0 Å². The molecule has 1 fully saturated rings. The van der Waals surface area contributed by atoms with Crippen molar-refractivity contribution in [3.8, 4) is 23.0 Å². The molecule has 1 aliphatic rings. The third kappa shape index (κ3) is 8.18. The van der Waals surface area contributed by atoms with Gasteiger partial charge in [0.1, 0.15) is 23.0 Å². The van der Waals surface area contributed by atoms with Crippen molar-refractivity contribution in [3.63, 3.8) is 0 Å². The Morgan fingerprint density at radius 2 is 1.61 bits per heavy atom. The normalized spacial score (nSPS) is 16.2. The highest BCUT2D eigenvalue weighted by molar-refractivity contribution is 5.94. The number of carbonyl (C=O) groups is 1. The minimum absolute atomic E-state index is 0. The quantitative estimate of drug-likeness (QED) is 0.327. The van der Waals surface area contributed by atoms with E-state index in [2.05, 4.69) is 35.9 Å². The Morgan fingerprint density at radius 3 is 2.21 bits per heavy atom. The van der Waals surface area contributed by atoms with Gasteiger partial charge in [0.2, 0.25) is 0 Å². The van der Waals surface area contributed by atoms with Gasteiger partial charge in [-0.3, -0.25) is 9.69 Å². The molecule has 0 bridgehead atoms. The molecule has 38 heavy (non-hydrogen) atoms. The average Bonchev–Trinajstić information content (AvgIpc) is 2.84. The van der Waals surface area contributed by atoms with E-state index in [0.717, 1.165) is 31.9 Å². The SMILES string of the molecule is CC(C)C(CN1CCN(c2cccc(O)c2)[C@@H](C)C1)NC(=O)c1ccc(Oc2cccc(O)c2)cc1.Cl.Cl. The number of aromatic hydroxyl groups is 2. The first-order valence-electron chi connectivity index (χ1n) is 12.4. The van der Waals surface area contributed by atoms with E-state index in [9.17, 15) is 15.0 Å². The molecule has 9 heteroatoms. The van der Waals surface area contributed by atoms with Gasteiger partial charge in [-0.2, -0.15) is 0 Å². The Labute approximate surface area is 237 Å². The number of phenolic OH excluding ortho intramolecular Hbond substituents is 2. The summed E-state index contributed by atoms with van der Waals surface area (Å²) >= 11 is 0. The molecule has 3 N–H and O–H groups in total. The number of rotatable bonds is 8. The van der Waals surface area contributed by atoms with Crippen molar-refractivity contribution in [2.24, 2.45) is 5.92 Å². The predicted octanol–water partition coefficient (Wildman–Crippen LogP) is 5.70. The average molecular weight is 563 g/mol. The van der Waals surface area contributed by atoms with Crippen LogP contribution in [0.25, 0.3) is 0 Å². The maximum Gasteiger partial charge on any atom is 0.251 e. The van der Waals surface area contributed by atoms with Crippen LogP contribution in [0, 0.1) is 5.92 Å². The van der Waals surface area contributed by atoms with Crippen LogP contribution < -0.4 is 15.0 Å². The molecule has 0 radical (unpaired) electrons. The highest BCUT2D eigenvalue weighted by Gasteiger charge is 2.27. The Morgan fingerprint density at radius 1 is 0.947 bits per heavy atom. The third-order valence-electron chi connectivity index (χ3n) is 6.62. The highest BCUT2D eigenvalue weighted by Crippen LogP contribution is 2.26. The molecule has 0 saturated carbocycles. The zero-order valence-corrected chi connectivity index (χ0v) is 23.5. The Bertz CT molecular complexity index is 1180. The molecule has 1 saturated heterocycles. The number of hydrogen-bond donors (Lipinski definition) is 3. The lowest BCUT2D eigenvalue weighted by atomic mass is 10.0. The molecular weight excluding hydrogens is 525 g/mol. The molecule has 206 valence electrons. The molecule has 3 aromatic rings. The second-order valence-corrected chi connectivity index (χ2v) is 9.77. The van der Waals surface area contributed by atoms with Gasteiger partial charge in [0.05, 0.1) is 0 Å². The van der Waals surface area contributed by atoms with Crippen LogP contribution in [0.1, 0.15) is 31.1 Å². The number of ether oxygens (including phenoxy) is 1. The fraction of sp³-hybridized carbons (Fsp3) is 0.345. The van der Waals surface area contributed by atoms with Crippen LogP contribution in [-0.2, 0) is 0 Å². The standard InChI is InChI=1S/C29H35N3O4.2ClH/c1-20(2)28(19-31-14-15-32(21(3)18-31)23-6-4-7-24(33)16-23)30-29(35)22-10-12-26(13-11-22)36-27-9-5-8-25(34)17-27;;/h4-13,16-17,20-21,28,33-34H,14-15,18-19H2,1-3H3,(H,30,35);2*1H/t21-,28?;;/m0../s1. The lowest BCUT2D eigenvalue weighted by Gasteiger charge is -2.42. The summed E-state index contributed by atoms with van der Waals surface area (Å²) in [7, 11) is 0. The largest absolute Gasteiger partial charge is 0.508 e. The van der Waals surface area contributed by atoms with Crippen molar-refractivity contribution in [1.29, 1.82) is 0 Å². The summed E-state index contributed by atoms with van der Waals surface area (Å²) < 4.78 is 5.75. The van der Waals surface area contributed by atoms with E-state index in [1.807, 2.05) is 18.2 Å². The van der Waals surface area contributed by atoms with Gasteiger partial charge in [-0.15, -0.1) is 24.8 Å². The van der Waals surface area contributed by atoms with Crippen LogP contribution in [0.3, 0.4) is 0 Å². The summed E-state index contributed by atoms with van der Waals surface area (Å²) in [6, 6.07) is 21.3.